The van der Waals surface area contributed by atoms with E-state index < -0.39 is 9.15 Å². The van der Waals surface area contributed by atoms with E-state index in [2.05, 4.69) is 9.98 Å². The molecule has 1 aromatic rings. The Morgan fingerprint density at radius 2 is 2.38 bits per heavy atom. The zero-order chi connectivity index (χ0) is 12.0. The Kier molecular flexibility index (Phi) is 4.71. The minimum atomic E-state index is -4.06. The molecular weight excluding hydrogens is 250 g/mol. The zero-order valence-electron chi connectivity index (χ0n) is 8.28. The highest BCUT2D eigenvalue weighted by molar-refractivity contribution is 8.70. The van der Waals surface area contributed by atoms with Gasteiger partial charge in [-0.25, -0.2) is 0 Å². The molecule has 16 heavy (non-hydrogen) atoms. The first-order chi connectivity index (χ1) is 7.47. The number of hydrogen-bond donors (Lipinski definition) is 2. The van der Waals surface area contributed by atoms with E-state index in [1.54, 1.807) is 18.5 Å². The van der Waals surface area contributed by atoms with Crippen molar-refractivity contribution in [1.29, 1.82) is 0 Å². The molecule has 0 unspecified atom stereocenters. The van der Waals surface area contributed by atoms with Crippen LogP contribution in [0.3, 0.4) is 0 Å². The van der Waals surface area contributed by atoms with Crippen LogP contribution < -0.4 is 5.73 Å². The van der Waals surface area contributed by atoms with E-state index in [-0.39, 0.29) is 11.6 Å². The molecule has 1 aromatic heterocycles. The van der Waals surface area contributed by atoms with Crippen LogP contribution >= 0.6 is 10.8 Å². The molecule has 0 bridgehead atoms. The van der Waals surface area contributed by atoms with Gasteiger partial charge in [0.15, 0.2) is 0 Å². The molecule has 0 aromatic carbocycles. The van der Waals surface area contributed by atoms with Gasteiger partial charge in [0.05, 0.1) is 12.3 Å². The maximum absolute atomic E-state index is 10.4. The van der Waals surface area contributed by atoms with Crippen LogP contribution in [0.25, 0.3) is 0 Å². The van der Waals surface area contributed by atoms with Gasteiger partial charge in [-0.3, -0.25) is 14.5 Å². The van der Waals surface area contributed by atoms with Crippen LogP contribution in [0.1, 0.15) is 5.56 Å². The summed E-state index contributed by atoms with van der Waals surface area (Å²) in [5.74, 6) is 0.102. The van der Waals surface area contributed by atoms with Crippen LogP contribution in [0.2, 0.25) is 0 Å². The van der Waals surface area contributed by atoms with Gasteiger partial charge in [0.1, 0.15) is 5.84 Å². The summed E-state index contributed by atoms with van der Waals surface area (Å²) < 4.78 is 29.3. The molecule has 88 valence electrons. The standard InChI is InChI=1S/C8H11N3O3S2/c9-8(6-15-16(12,13)14)11-5-7-2-1-3-10-4-7/h1-4H,5-6H2,(H2,9,11)(H,12,13,14). The molecule has 0 atom stereocenters. The van der Waals surface area contributed by atoms with Crippen LogP contribution in [0.5, 0.6) is 0 Å². The number of nitrogens with two attached hydrogens (primary N) is 1. The summed E-state index contributed by atoms with van der Waals surface area (Å²) in [5.41, 5.74) is 6.34. The second kappa shape index (κ2) is 5.83. The van der Waals surface area contributed by atoms with E-state index in [4.69, 9.17) is 10.3 Å². The second-order valence-corrected chi connectivity index (χ2v) is 6.21. The molecule has 0 amide bonds. The van der Waals surface area contributed by atoms with Gasteiger partial charge in [-0.1, -0.05) is 6.07 Å². The molecule has 0 spiro atoms. The Labute approximate surface area is 97.1 Å². The number of hydrogen-bond acceptors (Lipinski definition) is 5. The summed E-state index contributed by atoms with van der Waals surface area (Å²) in [7, 11) is -3.73. The fraction of sp³-hybridized carbons (Fsp3) is 0.250. The second-order valence-electron chi connectivity index (χ2n) is 2.86. The molecule has 6 nitrogen and oxygen atoms in total. The lowest BCUT2D eigenvalue weighted by Gasteiger charge is -1.99. The third-order valence-electron chi connectivity index (χ3n) is 1.54. The summed E-state index contributed by atoms with van der Waals surface area (Å²) in [4.78, 5) is 7.85. The third kappa shape index (κ3) is 5.69. The largest absolute Gasteiger partial charge is 0.387 e. The third-order valence-corrected chi connectivity index (χ3v) is 3.50. The monoisotopic (exact) mass is 261 g/mol. The van der Waals surface area contributed by atoms with Crippen molar-refractivity contribution in [3.8, 4) is 0 Å². The van der Waals surface area contributed by atoms with Crippen molar-refractivity contribution < 1.29 is 13.0 Å². The number of amidine groups is 1. The van der Waals surface area contributed by atoms with Crippen molar-refractivity contribution in [2.45, 2.75) is 6.54 Å². The number of pyridine rings is 1. The Morgan fingerprint density at radius 3 is 2.94 bits per heavy atom. The average molecular weight is 261 g/mol. The Morgan fingerprint density at radius 1 is 1.62 bits per heavy atom. The molecule has 0 aliphatic heterocycles. The molecule has 0 saturated heterocycles. The van der Waals surface area contributed by atoms with E-state index in [1.165, 1.54) is 0 Å². The normalized spacial score (nSPS) is 12.7. The van der Waals surface area contributed by atoms with Crippen LogP contribution in [-0.2, 0) is 15.7 Å². The molecule has 0 fully saturated rings. The van der Waals surface area contributed by atoms with Crippen LogP contribution in [0.4, 0.5) is 0 Å². The molecule has 0 radical (unpaired) electrons. The minimum absolute atomic E-state index is 0.0565. The average Bonchev–Trinajstić information content (AvgIpc) is 2.24. The molecule has 8 heteroatoms. The predicted molar refractivity (Wildman–Crippen MR) is 63.6 cm³/mol. The van der Waals surface area contributed by atoms with Crippen molar-refractivity contribution in [2.24, 2.45) is 10.7 Å². The summed E-state index contributed by atoms with van der Waals surface area (Å²) in [6.45, 7) is 0.339. The maximum Gasteiger partial charge on any atom is 0.320 e. The first-order valence-electron chi connectivity index (χ1n) is 4.27. The summed E-state index contributed by atoms with van der Waals surface area (Å²) in [5, 5.41) is 0. The van der Waals surface area contributed by atoms with Crippen molar-refractivity contribution in [1.82, 2.24) is 4.98 Å². The number of rotatable bonds is 5. The van der Waals surface area contributed by atoms with E-state index in [9.17, 15) is 8.42 Å². The van der Waals surface area contributed by atoms with Crippen molar-refractivity contribution in [3.63, 3.8) is 0 Å². The molecule has 0 aliphatic carbocycles. The fourth-order valence-electron chi connectivity index (χ4n) is 0.865. The molecule has 3 N–H and O–H groups in total. The van der Waals surface area contributed by atoms with Crippen LogP contribution in [0, 0.1) is 0 Å². The highest BCUT2D eigenvalue weighted by Crippen LogP contribution is 2.08. The lowest BCUT2D eigenvalue weighted by atomic mass is 10.3. The van der Waals surface area contributed by atoms with E-state index in [1.807, 2.05) is 6.07 Å². The summed E-state index contributed by atoms with van der Waals surface area (Å²) in [6.07, 6.45) is 3.29. The van der Waals surface area contributed by atoms with Gasteiger partial charge in [-0.05, 0) is 11.6 Å². The highest BCUT2D eigenvalue weighted by atomic mass is 33.1. The quantitative estimate of drug-likeness (QED) is 0.345. The summed E-state index contributed by atoms with van der Waals surface area (Å²) >= 11 is 0. The first-order valence-corrected chi connectivity index (χ1v) is 7.21. The molecule has 0 saturated carbocycles. The highest BCUT2D eigenvalue weighted by Gasteiger charge is 2.06. The van der Waals surface area contributed by atoms with Gasteiger partial charge in [0.25, 0.3) is 0 Å². The maximum atomic E-state index is 10.4. The van der Waals surface area contributed by atoms with Crippen molar-refractivity contribution in [2.75, 3.05) is 5.75 Å². The van der Waals surface area contributed by atoms with Gasteiger partial charge in [0.2, 0.25) is 0 Å². The van der Waals surface area contributed by atoms with Crippen molar-refractivity contribution >= 4 is 25.8 Å². The SMILES string of the molecule is NC(CSS(=O)(=O)O)=NCc1cccnc1. The van der Waals surface area contributed by atoms with E-state index in [0.717, 1.165) is 5.56 Å². The van der Waals surface area contributed by atoms with Gasteiger partial charge in [0, 0.05) is 23.2 Å². The van der Waals surface area contributed by atoms with Gasteiger partial charge >= 0.3 is 9.15 Å². The number of aromatic nitrogens is 1. The lowest BCUT2D eigenvalue weighted by Crippen LogP contribution is -2.16. The molecule has 0 aliphatic rings. The number of aliphatic imine (C=N–C) groups is 1. The minimum Gasteiger partial charge on any atom is -0.387 e. The number of nitrogens with zero attached hydrogens (tertiary/aromatic N) is 2. The predicted octanol–water partition coefficient (Wildman–Crippen LogP) is 0.475. The Balaban J connectivity index is 2.46. The molecular formula is C8H11N3O3S2. The van der Waals surface area contributed by atoms with E-state index in [0.29, 0.717) is 17.3 Å². The van der Waals surface area contributed by atoms with Crippen LogP contribution in [-0.4, -0.2) is 29.5 Å². The lowest BCUT2D eigenvalue weighted by molar-refractivity contribution is 0.503. The molecule has 1 rings (SSSR count). The molecule has 1 heterocycles. The van der Waals surface area contributed by atoms with E-state index >= 15 is 0 Å². The van der Waals surface area contributed by atoms with Crippen LogP contribution in [0.15, 0.2) is 29.5 Å². The zero-order valence-corrected chi connectivity index (χ0v) is 9.91. The van der Waals surface area contributed by atoms with Gasteiger partial charge in [-0.15, -0.1) is 0 Å². The first kappa shape index (κ1) is 12.9. The Bertz CT molecular complexity index is 459. The smallest absolute Gasteiger partial charge is 0.320 e. The summed E-state index contributed by atoms with van der Waals surface area (Å²) in [6, 6.07) is 3.60. The fourth-order valence-corrected chi connectivity index (χ4v) is 2.03. The Hall–Kier alpha value is -1.12. The van der Waals surface area contributed by atoms with Gasteiger partial charge < -0.3 is 5.73 Å². The topological polar surface area (TPSA) is 106 Å². The van der Waals surface area contributed by atoms with Gasteiger partial charge in [-0.2, -0.15) is 8.42 Å². The van der Waals surface area contributed by atoms with Crippen molar-refractivity contribution in [3.05, 3.63) is 30.1 Å².